The van der Waals surface area contributed by atoms with Crippen LogP contribution in [0.4, 0.5) is 5.69 Å². The van der Waals surface area contributed by atoms with E-state index in [1.807, 2.05) is 57.0 Å². The molecule has 0 aliphatic heterocycles. The van der Waals surface area contributed by atoms with E-state index >= 15 is 0 Å². The van der Waals surface area contributed by atoms with Crippen LogP contribution in [-0.2, 0) is 4.79 Å². The number of hydrogen-bond acceptors (Lipinski definition) is 2. The summed E-state index contributed by atoms with van der Waals surface area (Å²) in [6, 6.07) is 14.2. The smallest absolute Gasteiger partial charge is 0.246 e. The number of carbonyl (C=O) groups is 1. The summed E-state index contributed by atoms with van der Waals surface area (Å²) in [5.41, 5.74) is 0.395. The lowest BCUT2D eigenvalue weighted by molar-refractivity contribution is -0.123. The molecule has 0 saturated heterocycles. The van der Waals surface area contributed by atoms with E-state index in [1.54, 1.807) is 0 Å². The van der Waals surface area contributed by atoms with E-state index in [1.165, 1.54) is 0 Å². The highest BCUT2D eigenvalue weighted by Crippen LogP contribution is 2.28. The summed E-state index contributed by atoms with van der Waals surface area (Å²) in [5, 5.41) is 5.34. The number of anilines is 1. The fourth-order valence-corrected chi connectivity index (χ4v) is 2.31. The molecule has 0 unspecified atom stereocenters. The zero-order valence-electron chi connectivity index (χ0n) is 12.6. The van der Waals surface area contributed by atoms with Gasteiger partial charge in [-0.3, -0.25) is 4.79 Å². The third-order valence-electron chi connectivity index (χ3n) is 3.78. The zero-order valence-corrected chi connectivity index (χ0v) is 12.6. The van der Waals surface area contributed by atoms with E-state index in [-0.39, 0.29) is 5.91 Å². The van der Waals surface area contributed by atoms with Crippen LogP contribution >= 0.6 is 0 Å². The quantitative estimate of drug-likeness (QED) is 0.925. The third kappa shape index (κ3) is 2.54. The van der Waals surface area contributed by atoms with Gasteiger partial charge < -0.3 is 10.2 Å². The molecule has 20 heavy (non-hydrogen) atoms. The predicted octanol–water partition coefficient (Wildman–Crippen LogP) is 3.19. The summed E-state index contributed by atoms with van der Waals surface area (Å²) in [5.74, 6) is 0.0823. The molecular formula is C17H22N2O. The van der Waals surface area contributed by atoms with Gasteiger partial charge in [0, 0.05) is 11.9 Å². The van der Waals surface area contributed by atoms with Crippen LogP contribution < -0.4 is 10.2 Å². The number of benzene rings is 2. The van der Waals surface area contributed by atoms with E-state index in [0.29, 0.717) is 6.54 Å². The molecule has 0 atom stereocenters. The highest BCUT2D eigenvalue weighted by atomic mass is 16.2. The Morgan fingerprint density at radius 2 is 1.80 bits per heavy atom. The number of fused-ring (bicyclic) bond motifs is 1. The molecule has 2 aromatic carbocycles. The molecule has 1 amide bonds. The SMILES string of the molecule is CCN(C(=O)C(C)(C)NC)c1cccc2ccccc12. The number of nitrogens with one attached hydrogen (secondary N) is 1. The molecule has 0 fully saturated rings. The van der Waals surface area contributed by atoms with Gasteiger partial charge in [-0.25, -0.2) is 0 Å². The molecule has 0 spiro atoms. The molecule has 0 heterocycles. The minimum Gasteiger partial charge on any atom is -0.310 e. The summed E-state index contributed by atoms with van der Waals surface area (Å²) in [6.45, 7) is 6.47. The topological polar surface area (TPSA) is 32.3 Å². The lowest BCUT2D eigenvalue weighted by Gasteiger charge is -2.31. The standard InChI is InChI=1S/C17H22N2O/c1-5-19(16(20)17(2,3)18-4)15-12-8-10-13-9-6-7-11-14(13)15/h6-12,18H,5H2,1-4H3. The Labute approximate surface area is 120 Å². The molecule has 0 saturated carbocycles. The van der Waals surface area contributed by atoms with Gasteiger partial charge in [0.1, 0.15) is 0 Å². The van der Waals surface area contributed by atoms with Gasteiger partial charge in [-0.2, -0.15) is 0 Å². The molecule has 1 N–H and O–H groups in total. The molecule has 0 aliphatic rings. The number of carbonyl (C=O) groups excluding carboxylic acids is 1. The summed E-state index contributed by atoms with van der Waals surface area (Å²) in [6.07, 6.45) is 0. The van der Waals surface area contributed by atoms with Gasteiger partial charge >= 0.3 is 0 Å². The lowest BCUT2D eigenvalue weighted by atomic mass is 10.0. The minimum atomic E-state index is -0.576. The average Bonchev–Trinajstić information content (AvgIpc) is 2.48. The fourth-order valence-electron chi connectivity index (χ4n) is 2.31. The van der Waals surface area contributed by atoms with Crippen LogP contribution in [0.25, 0.3) is 10.8 Å². The van der Waals surface area contributed by atoms with E-state index in [2.05, 4.69) is 23.5 Å². The Bertz CT molecular complexity index is 614. The van der Waals surface area contributed by atoms with Crippen molar-refractivity contribution in [3.05, 3.63) is 42.5 Å². The number of rotatable bonds is 4. The normalized spacial score (nSPS) is 11.6. The monoisotopic (exact) mass is 270 g/mol. The second-order valence-corrected chi connectivity index (χ2v) is 5.42. The van der Waals surface area contributed by atoms with Gasteiger partial charge in [-0.05, 0) is 39.3 Å². The number of likely N-dealkylation sites (N-methyl/N-ethyl adjacent to an activating group) is 2. The van der Waals surface area contributed by atoms with Crippen LogP contribution in [0.15, 0.2) is 42.5 Å². The summed E-state index contributed by atoms with van der Waals surface area (Å²) >= 11 is 0. The maximum Gasteiger partial charge on any atom is 0.246 e. The van der Waals surface area contributed by atoms with Gasteiger partial charge in [0.25, 0.3) is 0 Å². The van der Waals surface area contributed by atoms with Crippen molar-refractivity contribution in [1.82, 2.24) is 5.32 Å². The van der Waals surface area contributed by atoms with E-state index in [0.717, 1.165) is 16.5 Å². The maximum absolute atomic E-state index is 12.7. The van der Waals surface area contributed by atoms with Gasteiger partial charge in [-0.15, -0.1) is 0 Å². The van der Waals surface area contributed by atoms with Gasteiger partial charge in [0.05, 0.1) is 11.2 Å². The molecule has 2 rings (SSSR count). The van der Waals surface area contributed by atoms with Crippen LogP contribution in [0.5, 0.6) is 0 Å². The van der Waals surface area contributed by atoms with Gasteiger partial charge in [0.15, 0.2) is 0 Å². The Morgan fingerprint density at radius 3 is 2.45 bits per heavy atom. The van der Waals surface area contributed by atoms with Crippen LogP contribution in [0.2, 0.25) is 0 Å². The fraction of sp³-hybridized carbons (Fsp3) is 0.353. The van der Waals surface area contributed by atoms with Gasteiger partial charge in [0.2, 0.25) is 5.91 Å². The predicted molar refractivity (Wildman–Crippen MR) is 85.1 cm³/mol. The Hall–Kier alpha value is -1.87. The number of nitrogens with zero attached hydrogens (tertiary/aromatic N) is 1. The Morgan fingerprint density at radius 1 is 1.15 bits per heavy atom. The molecule has 0 bridgehead atoms. The van der Waals surface area contributed by atoms with Gasteiger partial charge in [-0.1, -0.05) is 36.4 Å². The summed E-state index contributed by atoms with van der Waals surface area (Å²) in [4.78, 5) is 14.6. The van der Waals surface area contributed by atoms with Crippen molar-refractivity contribution in [2.24, 2.45) is 0 Å². The van der Waals surface area contributed by atoms with Crippen LogP contribution in [0, 0.1) is 0 Å². The van der Waals surface area contributed by atoms with Crippen LogP contribution in [-0.4, -0.2) is 25.0 Å². The number of amides is 1. The van der Waals surface area contributed by atoms with Crippen molar-refractivity contribution < 1.29 is 4.79 Å². The maximum atomic E-state index is 12.7. The largest absolute Gasteiger partial charge is 0.310 e. The highest BCUT2D eigenvalue weighted by Gasteiger charge is 2.30. The first-order valence-electron chi connectivity index (χ1n) is 7.00. The second-order valence-electron chi connectivity index (χ2n) is 5.42. The lowest BCUT2D eigenvalue weighted by Crippen LogP contribution is -2.53. The Balaban J connectivity index is 2.53. The van der Waals surface area contributed by atoms with Crippen molar-refractivity contribution in [3.63, 3.8) is 0 Å². The van der Waals surface area contributed by atoms with Crippen LogP contribution in [0.1, 0.15) is 20.8 Å². The number of hydrogen-bond donors (Lipinski definition) is 1. The van der Waals surface area contributed by atoms with E-state index in [9.17, 15) is 4.79 Å². The van der Waals surface area contributed by atoms with Crippen molar-refractivity contribution in [2.75, 3.05) is 18.5 Å². The van der Waals surface area contributed by atoms with Crippen molar-refractivity contribution in [3.8, 4) is 0 Å². The first kappa shape index (κ1) is 14.5. The molecule has 0 radical (unpaired) electrons. The molecule has 0 aliphatic carbocycles. The van der Waals surface area contributed by atoms with Crippen LogP contribution in [0.3, 0.4) is 0 Å². The first-order valence-corrected chi connectivity index (χ1v) is 7.00. The molecule has 106 valence electrons. The van der Waals surface area contributed by atoms with Crippen molar-refractivity contribution in [1.29, 1.82) is 0 Å². The molecule has 2 aromatic rings. The summed E-state index contributed by atoms with van der Waals surface area (Å²) in [7, 11) is 1.81. The van der Waals surface area contributed by atoms with E-state index < -0.39 is 5.54 Å². The first-order chi connectivity index (χ1) is 9.51. The Kier molecular flexibility index (Phi) is 4.09. The zero-order chi connectivity index (χ0) is 14.8. The second kappa shape index (κ2) is 5.63. The highest BCUT2D eigenvalue weighted by molar-refractivity contribution is 6.06. The van der Waals surface area contributed by atoms with E-state index in [4.69, 9.17) is 0 Å². The van der Waals surface area contributed by atoms with Crippen molar-refractivity contribution in [2.45, 2.75) is 26.3 Å². The summed E-state index contributed by atoms with van der Waals surface area (Å²) < 4.78 is 0. The molecular weight excluding hydrogens is 248 g/mol. The molecule has 3 nitrogen and oxygen atoms in total. The molecule has 3 heteroatoms. The molecule has 0 aromatic heterocycles. The van der Waals surface area contributed by atoms with Crippen molar-refractivity contribution >= 4 is 22.4 Å². The third-order valence-corrected chi connectivity index (χ3v) is 3.78. The average molecular weight is 270 g/mol. The minimum absolute atomic E-state index is 0.0823.